The predicted octanol–water partition coefficient (Wildman–Crippen LogP) is 4.67. The van der Waals surface area contributed by atoms with Gasteiger partial charge in [0.1, 0.15) is 4.32 Å². The van der Waals surface area contributed by atoms with Crippen LogP contribution in [0.4, 0.5) is 0 Å². The van der Waals surface area contributed by atoms with E-state index in [2.05, 4.69) is 56.9 Å². The smallest absolute Gasteiger partial charge is 0.136 e. The van der Waals surface area contributed by atoms with Crippen LogP contribution in [0.5, 0.6) is 0 Å². The Bertz CT molecular complexity index is 367. The van der Waals surface area contributed by atoms with E-state index in [1.807, 2.05) is 0 Å². The maximum Gasteiger partial charge on any atom is 0.136 e. The maximum atomic E-state index is 5.43. The third-order valence-electron chi connectivity index (χ3n) is 3.03. The van der Waals surface area contributed by atoms with E-state index in [0.29, 0.717) is 5.92 Å². The van der Waals surface area contributed by atoms with Gasteiger partial charge in [0.15, 0.2) is 0 Å². The van der Waals surface area contributed by atoms with Crippen molar-refractivity contribution in [2.75, 3.05) is 13.1 Å². The highest BCUT2D eigenvalue weighted by Gasteiger charge is 2.06. The number of hydrogen-bond donors (Lipinski definition) is 0. The largest absolute Gasteiger partial charge is 0.358 e. The molecule has 0 spiro atoms. The molecule has 0 aliphatic heterocycles. The molecule has 0 unspecified atom stereocenters. The third kappa shape index (κ3) is 4.62. The van der Waals surface area contributed by atoms with E-state index >= 15 is 0 Å². The molecular formula is C15H23NS2. The zero-order valence-corrected chi connectivity index (χ0v) is 13.4. The van der Waals surface area contributed by atoms with Gasteiger partial charge in [-0.3, -0.25) is 0 Å². The summed E-state index contributed by atoms with van der Waals surface area (Å²) in [5, 5.41) is 0. The molecule has 0 aromatic heterocycles. The summed E-state index contributed by atoms with van der Waals surface area (Å²) in [5.41, 5.74) is 2.74. The van der Waals surface area contributed by atoms with Gasteiger partial charge in [-0.05, 0) is 30.9 Å². The second-order valence-electron chi connectivity index (χ2n) is 4.62. The Morgan fingerprint density at radius 3 is 2.17 bits per heavy atom. The maximum absolute atomic E-state index is 5.43. The summed E-state index contributed by atoms with van der Waals surface area (Å²) in [6.07, 6.45) is 0. The highest BCUT2D eigenvalue weighted by Crippen LogP contribution is 2.19. The second-order valence-corrected chi connectivity index (χ2v) is 6.23. The molecule has 0 atom stereocenters. The first kappa shape index (κ1) is 15.5. The summed E-state index contributed by atoms with van der Waals surface area (Å²) in [6.45, 7) is 10.7. The normalized spacial score (nSPS) is 10.7. The number of nitrogens with zero attached hydrogens (tertiary/aromatic N) is 1. The van der Waals surface area contributed by atoms with Crippen LogP contribution in [-0.2, 0) is 5.75 Å². The summed E-state index contributed by atoms with van der Waals surface area (Å²) in [6, 6.07) is 8.88. The summed E-state index contributed by atoms with van der Waals surface area (Å²) in [7, 11) is 0. The van der Waals surface area contributed by atoms with Gasteiger partial charge in [0.05, 0.1) is 0 Å². The monoisotopic (exact) mass is 281 g/mol. The molecule has 0 bridgehead atoms. The Hall–Kier alpha value is -0.540. The van der Waals surface area contributed by atoms with E-state index in [1.54, 1.807) is 11.8 Å². The first-order chi connectivity index (χ1) is 8.58. The number of hydrogen-bond acceptors (Lipinski definition) is 2. The number of thiocarbonyl (C=S) groups is 1. The molecule has 0 fully saturated rings. The molecule has 0 heterocycles. The fourth-order valence-corrected chi connectivity index (χ4v) is 3.08. The molecule has 100 valence electrons. The van der Waals surface area contributed by atoms with Gasteiger partial charge in [-0.25, -0.2) is 0 Å². The predicted molar refractivity (Wildman–Crippen MR) is 87.3 cm³/mol. The average Bonchev–Trinajstić information content (AvgIpc) is 2.38. The summed E-state index contributed by atoms with van der Waals surface area (Å²) >= 11 is 7.19. The summed E-state index contributed by atoms with van der Waals surface area (Å²) in [4.78, 5) is 2.22. The van der Waals surface area contributed by atoms with Crippen LogP contribution < -0.4 is 0 Å². The van der Waals surface area contributed by atoms with Crippen LogP contribution in [0.1, 0.15) is 44.7 Å². The molecule has 0 aliphatic rings. The van der Waals surface area contributed by atoms with Crippen molar-refractivity contribution in [3.8, 4) is 0 Å². The molecule has 1 rings (SSSR count). The Labute approximate surface area is 121 Å². The van der Waals surface area contributed by atoms with Gasteiger partial charge in [0, 0.05) is 18.8 Å². The number of rotatable bonds is 5. The first-order valence-electron chi connectivity index (χ1n) is 6.59. The lowest BCUT2D eigenvalue weighted by Crippen LogP contribution is -2.26. The van der Waals surface area contributed by atoms with E-state index < -0.39 is 0 Å². The molecule has 0 amide bonds. The Kier molecular flexibility index (Phi) is 6.72. The van der Waals surface area contributed by atoms with Crippen molar-refractivity contribution < 1.29 is 0 Å². The van der Waals surface area contributed by atoms with E-state index in [1.165, 1.54) is 11.1 Å². The van der Waals surface area contributed by atoms with Crippen LogP contribution >= 0.6 is 24.0 Å². The minimum absolute atomic E-state index is 0.600. The minimum atomic E-state index is 0.600. The fraction of sp³-hybridized carbons (Fsp3) is 0.533. The standard InChI is InChI=1S/C15H23NS2/c1-5-16(6-2)15(17)18-11-13-7-9-14(10-8-13)12(3)4/h7-10,12H,5-6,11H2,1-4H3. The quantitative estimate of drug-likeness (QED) is 0.722. The van der Waals surface area contributed by atoms with Crippen LogP contribution in [0.2, 0.25) is 0 Å². The van der Waals surface area contributed by atoms with Crippen molar-refractivity contribution in [3.63, 3.8) is 0 Å². The van der Waals surface area contributed by atoms with Gasteiger partial charge in [-0.15, -0.1) is 0 Å². The zero-order chi connectivity index (χ0) is 13.5. The van der Waals surface area contributed by atoms with Gasteiger partial charge in [0.25, 0.3) is 0 Å². The molecule has 0 saturated heterocycles. The lowest BCUT2D eigenvalue weighted by molar-refractivity contribution is 0.482. The highest BCUT2D eigenvalue weighted by molar-refractivity contribution is 8.22. The molecule has 0 radical (unpaired) electrons. The first-order valence-corrected chi connectivity index (χ1v) is 7.98. The van der Waals surface area contributed by atoms with Crippen LogP contribution in [0.15, 0.2) is 24.3 Å². The van der Waals surface area contributed by atoms with Gasteiger partial charge in [-0.2, -0.15) is 0 Å². The summed E-state index contributed by atoms with van der Waals surface area (Å²) < 4.78 is 1.01. The van der Waals surface area contributed by atoms with Crippen LogP contribution in [0.3, 0.4) is 0 Å². The van der Waals surface area contributed by atoms with Gasteiger partial charge in [0.2, 0.25) is 0 Å². The van der Waals surface area contributed by atoms with E-state index in [9.17, 15) is 0 Å². The molecule has 1 nitrogen and oxygen atoms in total. The highest BCUT2D eigenvalue weighted by atomic mass is 32.2. The van der Waals surface area contributed by atoms with Crippen molar-refractivity contribution in [1.82, 2.24) is 4.90 Å². The lowest BCUT2D eigenvalue weighted by Gasteiger charge is -2.20. The Morgan fingerprint density at radius 2 is 1.72 bits per heavy atom. The molecule has 0 saturated carbocycles. The average molecular weight is 281 g/mol. The van der Waals surface area contributed by atoms with Gasteiger partial charge >= 0.3 is 0 Å². The molecule has 3 heteroatoms. The number of thioether (sulfide) groups is 1. The van der Waals surface area contributed by atoms with E-state index in [-0.39, 0.29) is 0 Å². The van der Waals surface area contributed by atoms with Crippen molar-refractivity contribution in [3.05, 3.63) is 35.4 Å². The minimum Gasteiger partial charge on any atom is -0.358 e. The van der Waals surface area contributed by atoms with Crippen molar-refractivity contribution >= 4 is 28.3 Å². The molecule has 0 N–H and O–H groups in total. The fourth-order valence-electron chi connectivity index (χ4n) is 1.72. The Morgan fingerprint density at radius 1 is 1.17 bits per heavy atom. The molecule has 18 heavy (non-hydrogen) atoms. The van der Waals surface area contributed by atoms with Crippen LogP contribution in [0.25, 0.3) is 0 Å². The van der Waals surface area contributed by atoms with Crippen LogP contribution in [-0.4, -0.2) is 22.3 Å². The van der Waals surface area contributed by atoms with Crippen molar-refractivity contribution in [2.45, 2.75) is 39.4 Å². The molecule has 1 aromatic rings. The SMILES string of the molecule is CCN(CC)C(=S)SCc1ccc(C(C)C)cc1. The molecular weight excluding hydrogens is 258 g/mol. The van der Waals surface area contributed by atoms with Crippen LogP contribution in [0, 0.1) is 0 Å². The Balaban J connectivity index is 2.51. The van der Waals surface area contributed by atoms with Gasteiger partial charge in [-0.1, -0.05) is 62.1 Å². The second kappa shape index (κ2) is 7.80. The number of benzene rings is 1. The molecule has 1 aromatic carbocycles. The molecule has 0 aliphatic carbocycles. The van der Waals surface area contributed by atoms with Crippen molar-refractivity contribution in [2.24, 2.45) is 0 Å². The van der Waals surface area contributed by atoms with Crippen molar-refractivity contribution in [1.29, 1.82) is 0 Å². The summed E-state index contributed by atoms with van der Waals surface area (Å²) in [5.74, 6) is 1.57. The third-order valence-corrected chi connectivity index (χ3v) is 4.62. The van der Waals surface area contributed by atoms with E-state index in [0.717, 1.165) is 23.2 Å². The lowest BCUT2D eigenvalue weighted by atomic mass is 10.0. The topological polar surface area (TPSA) is 3.24 Å². The van der Waals surface area contributed by atoms with E-state index in [4.69, 9.17) is 12.2 Å². The zero-order valence-electron chi connectivity index (χ0n) is 11.8. The van der Waals surface area contributed by atoms with Gasteiger partial charge < -0.3 is 4.90 Å².